The molecule has 1 rings (SSSR count). The van der Waals surface area contributed by atoms with E-state index in [1.165, 1.54) is 11.8 Å². The van der Waals surface area contributed by atoms with Crippen LogP contribution in [0.1, 0.15) is 0 Å². The van der Waals surface area contributed by atoms with Crippen molar-refractivity contribution in [3.05, 3.63) is 36.0 Å². The van der Waals surface area contributed by atoms with Crippen LogP contribution in [0, 0.1) is 5.62 Å². The predicted molar refractivity (Wildman–Crippen MR) is 49.6 cm³/mol. The van der Waals surface area contributed by atoms with E-state index >= 15 is 0 Å². The highest BCUT2D eigenvalue weighted by atomic mass is 32.2. The Morgan fingerprint density at radius 2 is 1.67 bits per heavy atom. The molecule has 1 aromatic carbocycles. The van der Waals surface area contributed by atoms with Gasteiger partial charge in [-0.05, 0) is 12.1 Å². The third-order valence-corrected chi connectivity index (χ3v) is 2.29. The van der Waals surface area contributed by atoms with Crippen LogP contribution in [0.4, 0.5) is 0 Å². The second-order valence-corrected chi connectivity index (χ2v) is 3.08. The van der Waals surface area contributed by atoms with Gasteiger partial charge in [-0.1, -0.05) is 30.0 Å². The fourth-order valence-electron chi connectivity index (χ4n) is 0.751. The molecule has 12 heavy (non-hydrogen) atoms. The molecule has 0 bridgehead atoms. The van der Waals surface area contributed by atoms with E-state index in [0.29, 0.717) is 5.62 Å². The first-order chi connectivity index (χ1) is 5.86. The molecule has 0 N–H and O–H groups in total. The van der Waals surface area contributed by atoms with Gasteiger partial charge in [-0.15, -0.1) is 0 Å². The van der Waals surface area contributed by atoms with Crippen molar-refractivity contribution in [2.24, 2.45) is 0 Å². The van der Waals surface area contributed by atoms with Crippen LogP contribution in [0.25, 0.3) is 0 Å². The van der Waals surface area contributed by atoms with Crippen molar-refractivity contribution in [2.75, 3.05) is 14.2 Å². The fraction of sp³-hybridized carbons (Fsp3) is 0.222. The van der Waals surface area contributed by atoms with Crippen molar-refractivity contribution in [1.29, 1.82) is 0 Å². The van der Waals surface area contributed by atoms with Crippen LogP contribution in [-0.4, -0.2) is 14.2 Å². The number of benzene rings is 1. The summed E-state index contributed by atoms with van der Waals surface area (Å²) >= 11 is 1.46. The summed E-state index contributed by atoms with van der Waals surface area (Å²) in [5.74, 6) is 0. The molecule has 0 aliphatic rings. The highest BCUT2D eigenvalue weighted by Crippen LogP contribution is 2.28. The molecule has 0 aliphatic carbocycles. The summed E-state index contributed by atoms with van der Waals surface area (Å²) < 4.78 is 9.92. The summed E-state index contributed by atoms with van der Waals surface area (Å²) in [6, 6.07) is 9.94. The summed E-state index contributed by atoms with van der Waals surface area (Å²) in [5, 5.41) is 0. The third kappa shape index (κ3) is 2.85. The molecule has 0 heterocycles. The molecule has 3 heteroatoms. The first-order valence-corrected chi connectivity index (χ1v) is 4.36. The van der Waals surface area contributed by atoms with E-state index in [2.05, 4.69) is 0 Å². The Bertz CT molecular complexity index is 209. The normalized spacial score (nSPS) is 10.6. The van der Waals surface area contributed by atoms with Gasteiger partial charge in [0, 0.05) is 19.1 Å². The smallest absolute Gasteiger partial charge is 0.290 e. The molecule has 1 aromatic rings. The van der Waals surface area contributed by atoms with E-state index in [1.54, 1.807) is 14.2 Å². The van der Waals surface area contributed by atoms with Gasteiger partial charge in [0.1, 0.15) is 0 Å². The molecule has 0 saturated heterocycles. The van der Waals surface area contributed by atoms with Crippen molar-refractivity contribution in [3.63, 3.8) is 0 Å². The lowest BCUT2D eigenvalue weighted by atomic mass is 10.4. The maximum absolute atomic E-state index is 4.96. The second kappa shape index (κ2) is 5.19. The van der Waals surface area contributed by atoms with Gasteiger partial charge >= 0.3 is 0 Å². The van der Waals surface area contributed by atoms with Gasteiger partial charge in [0.15, 0.2) is 0 Å². The molecule has 2 nitrogen and oxygen atoms in total. The number of ether oxygens (including phenoxy) is 2. The van der Waals surface area contributed by atoms with Gasteiger partial charge in [0.25, 0.3) is 5.62 Å². The van der Waals surface area contributed by atoms with Crippen LogP contribution >= 0.6 is 11.8 Å². The average Bonchev–Trinajstić information content (AvgIpc) is 2.16. The van der Waals surface area contributed by atoms with Gasteiger partial charge in [-0.3, -0.25) is 0 Å². The highest BCUT2D eigenvalue weighted by molar-refractivity contribution is 8.01. The molecular formula is C9H11O2S. The van der Waals surface area contributed by atoms with Crippen LogP contribution in [-0.2, 0) is 9.47 Å². The van der Waals surface area contributed by atoms with E-state index in [0.717, 1.165) is 4.90 Å². The zero-order valence-electron chi connectivity index (χ0n) is 7.11. The lowest BCUT2D eigenvalue weighted by molar-refractivity contribution is 0.0579. The molecule has 0 saturated carbocycles. The second-order valence-electron chi connectivity index (χ2n) is 2.07. The predicted octanol–water partition coefficient (Wildman–Crippen LogP) is 2.52. The topological polar surface area (TPSA) is 18.5 Å². The lowest BCUT2D eigenvalue weighted by Gasteiger charge is -2.09. The Morgan fingerprint density at radius 1 is 1.08 bits per heavy atom. The van der Waals surface area contributed by atoms with Crippen molar-refractivity contribution in [3.8, 4) is 0 Å². The maximum Gasteiger partial charge on any atom is 0.290 e. The van der Waals surface area contributed by atoms with E-state index in [9.17, 15) is 0 Å². The molecular weight excluding hydrogens is 172 g/mol. The molecule has 0 atom stereocenters. The van der Waals surface area contributed by atoms with Crippen molar-refractivity contribution >= 4 is 11.8 Å². The average molecular weight is 183 g/mol. The summed E-state index contributed by atoms with van der Waals surface area (Å²) in [7, 11) is 3.18. The molecule has 1 radical (unpaired) electrons. The van der Waals surface area contributed by atoms with Crippen LogP contribution in [0.15, 0.2) is 35.2 Å². The molecule has 0 unspecified atom stereocenters. The van der Waals surface area contributed by atoms with Crippen LogP contribution in [0.3, 0.4) is 0 Å². The van der Waals surface area contributed by atoms with Crippen molar-refractivity contribution in [1.82, 2.24) is 0 Å². The van der Waals surface area contributed by atoms with Gasteiger partial charge in [-0.2, -0.15) is 0 Å². The standard InChI is InChI=1S/C9H11O2S/c1-10-9(11-2)12-8-6-4-3-5-7-8/h3-7H,1-2H3. The summed E-state index contributed by atoms with van der Waals surface area (Å²) in [6.45, 7) is 0. The monoisotopic (exact) mass is 183 g/mol. The number of hydrogen-bond donors (Lipinski definition) is 0. The van der Waals surface area contributed by atoms with Gasteiger partial charge in [0.05, 0.1) is 0 Å². The molecule has 0 spiro atoms. The zero-order chi connectivity index (χ0) is 8.81. The number of hydrogen-bond acceptors (Lipinski definition) is 3. The third-order valence-electron chi connectivity index (χ3n) is 1.28. The number of methoxy groups -OCH3 is 2. The Kier molecular flexibility index (Phi) is 4.14. The molecule has 65 valence electrons. The van der Waals surface area contributed by atoms with Crippen LogP contribution in [0.5, 0.6) is 0 Å². The number of rotatable bonds is 4. The zero-order valence-corrected chi connectivity index (χ0v) is 7.93. The van der Waals surface area contributed by atoms with Gasteiger partial charge < -0.3 is 9.47 Å². The first kappa shape index (κ1) is 9.58. The molecule has 0 amide bonds. The van der Waals surface area contributed by atoms with E-state index in [4.69, 9.17) is 9.47 Å². The Hall–Kier alpha value is -0.510. The summed E-state index contributed by atoms with van der Waals surface area (Å²) in [4.78, 5) is 1.11. The minimum atomic E-state index is 0.557. The quantitative estimate of drug-likeness (QED) is 0.668. The summed E-state index contributed by atoms with van der Waals surface area (Å²) in [6.07, 6.45) is 0. The Labute approximate surface area is 76.9 Å². The van der Waals surface area contributed by atoms with Crippen molar-refractivity contribution < 1.29 is 9.47 Å². The lowest BCUT2D eigenvalue weighted by Crippen LogP contribution is -1.96. The summed E-state index contributed by atoms with van der Waals surface area (Å²) in [5.41, 5.74) is 0.557. The fourth-order valence-corrected chi connectivity index (χ4v) is 1.40. The van der Waals surface area contributed by atoms with E-state index < -0.39 is 0 Å². The molecule has 0 aromatic heterocycles. The van der Waals surface area contributed by atoms with Gasteiger partial charge in [0.2, 0.25) is 0 Å². The maximum atomic E-state index is 4.96. The number of thioether (sulfide) groups is 1. The van der Waals surface area contributed by atoms with Gasteiger partial charge in [-0.25, -0.2) is 0 Å². The first-order valence-electron chi connectivity index (χ1n) is 3.54. The molecule has 0 aliphatic heterocycles. The Balaban J connectivity index is 2.51. The minimum Gasteiger partial charge on any atom is -0.339 e. The Morgan fingerprint density at radius 3 is 2.17 bits per heavy atom. The van der Waals surface area contributed by atoms with Crippen molar-refractivity contribution in [2.45, 2.75) is 4.90 Å². The SMILES string of the molecule is CO[C](OC)Sc1ccccc1. The van der Waals surface area contributed by atoms with E-state index in [-0.39, 0.29) is 0 Å². The minimum absolute atomic E-state index is 0.557. The highest BCUT2D eigenvalue weighted by Gasteiger charge is 2.08. The van der Waals surface area contributed by atoms with Crippen LogP contribution < -0.4 is 0 Å². The van der Waals surface area contributed by atoms with Crippen LogP contribution in [0.2, 0.25) is 0 Å². The molecule has 0 fully saturated rings. The largest absolute Gasteiger partial charge is 0.339 e. The van der Waals surface area contributed by atoms with E-state index in [1.807, 2.05) is 30.3 Å².